The first kappa shape index (κ1) is 20.8. The summed E-state index contributed by atoms with van der Waals surface area (Å²) in [6.07, 6.45) is 8.99. The zero-order valence-electron chi connectivity index (χ0n) is 17.5. The Labute approximate surface area is 164 Å². The summed E-state index contributed by atoms with van der Waals surface area (Å²) in [6.45, 7) is 15.4. The van der Waals surface area contributed by atoms with Crippen molar-refractivity contribution in [2.24, 2.45) is 9.98 Å². The molecule has 0 aliphatic heterocycles. The quantitative estimate of drug-likeness (QED) is 0.529. The van der Waals surface area contributed by atoms with Crippen molar-refractivity contribution >= 4 is 11.4 Å². The highest BCUT2D eigenvalue weighted by molar-refractivity contribution is 6.32. The zero-order chi connectivity index (χ0) is 19.8. The molecule has 0 N–H and O–H groups in total. The fourth-order valence-electron chi connectivity index (χ4n) is 3.59. The molecule has 0 saturated heterocycles. The average Bonchev–Trinajstić information content (AvgIpc) is 2.62. The Bertz CT molecular complexity index is 845. The number of allylic oxidation sites excluding steroid dienone is 6. The smallest absolute Gasteiger partial charge is 0.0755 e. The van der Waals surface area contributed by atoms with Crippen LogP contribution in [0.25, 0.3) is 0 Å². The van der Waals surface area contributed by atoms with Crippen molar-refractivity contribution in [3.05, 3.63) is 82.6 Å². The van der Waals surface area contributed by atoms with Crippen molar-refractivity contribution in [3.63, 3.8) is 0 Å². The van der Waals surface area contributed by atoms with Gasteiger partial charge in [0.05, 0.1) is 11.4 Å². The van der Waals surface area contributed by atoms with E-state index in [-0.39, 0.29) is 0 Å². The maximum absolute atomic E-state index is 4.90. The summed E-state index contributed by atoms with van der Waals surface area (Å²) in [7, 11) is 0. The molecule has 0 heterocycles. The van der Waals surface area contributed by atoms with E-state index in [9.17, 15) is 0 Å². The monoisotopic (exact) mass is 360 g/mol. The second-order valence-electron chi connectivity index (χ2n) is 7.01. The number of rotatable bonds is 5. The van der Waals surface area contributed by atoms with Crippen LogP contribution in [0.5, 0.6) is 0 Å². The van der Waals surface area contributed by atoms with Crippen molar-refractivity contribution < 1.29 is 0 Å². The number of hydrogen-bond donors (Lipinski definition) is 0. The van der Waals surface area contributed by atoms with Crippen LogP contribution in [0.2, 0.25) is 0 Å². The SMILES string of the molecule is C=C(/C=C\C)/N=C1C(=C/C)\CCC(=N\CC)\C\1=C(/C)Cc1cccc(C)c1. The summed E-state index contributed by atoms with van der Waals surface area (Å²) < 4.78 is 0. The average molecular weight is 361 g/mol. The van der Waals surface area contributed by atoms with E-state index in [1.54, 1.807) is 0 Å². The lowest BCUT2D eigenvalue weighted by molar-refractivity contribution is 0.994. The molecule has 0 amide bonds. The molecule has 1 aliphatic carbocycles. The van der Waals surface area contributed by atoms with Crippen LogP contribution in [0.1, 0.15) is 51.7 Å². The molecule has 0 aromatic heterocycles. The summed E-state index contributed by atoms with van der Waals surface area (Å²) in [6, 6.07) is 8.73. The molecular formula is C25H32N2. The number of aliphatic imine (C=N–C) groups is 2. The summed E-state index contributed by atoms with van der Waals surface area (Å²) >= 11 is 0. The van der Waals surface area contributed by atoms with Crippen molar-refractivity contribution in [1.82, 2.24) is 0 Å². The zero-order valence-corrected chi connectivity index (χ0v) is 17.5. The van der Waals surface area contributed by atoms with Crippen molar-refractivity contribution in [2.45, 2.75) is 53.9 Å². The molecule has 2 rings (SSSR count). The lowest BCUT2D eigenvalue weighted by atomic mass is 9.82. The predicted octanol–water partition coefficient (Wildman–Crippen LogP) is 6.59. The summed E-state index contributed by atoms with van der Waals surface area (Å²) in [5.41, 5.74) is 9.45. The summed E-state index contributed by atoms with van der Waals surface area (Å²) in [4.78, 5) is 9.72. The van der Waals surface area contributed by atoms with Gasteiger partial charge in [-0.05, 0) is 71.1 Å². The second kappa shape index (κ2) is 10.0. The fourth-order valence-corrected chi connectivity index (χ4v) is 3.59. The highest BCUT2D eigenvalue weighted by Gasteiger charge is 2.25. The molecular weight excluding hydrogens is 328 g/mol. The van der Waals surface area contributed by atoms with Gasteiger partial charge in [-0.2, -0.15) is 0 Å². The standard InChI is InChI=1S/C25H32N2/c1-7-11-20(6)27-25-22(8-2)14-15-23(26-9-3)24(25)19(5)17-21-13-10-12-18(4)16-21/h7-8,10-13,16H,6,9,14-15,17H2,1-5H3/b11-7-,22-8-,24-19-,26-23-,27-25+. The van der Waals surface area contributed by atoms with Crippen LogP contribution < -0.4 is 0 Å². The molecule has 142 valence electrons. The minimum absolute atomic E-state index is 0.783. The second-order valence-corrected chi connectivity index (χ2v) is 7.01. The van der Waals surface area contributed by atoms with Gasteiger partial charge in [-0.15, -0.1) is 0 Å². The molecule has 1 fully saturated rings. The maximum Gasteiger partial charge on any atom is 0.0755 e. The van der Waals surface area contributed by atoms with Crippen LogP contribution >= 0.6 is 0 Å². The van der Waals surface area contributed by atoms with Crippen molar-refractivity contribution in [2.75, 3.05) is 6.54 Å². The van der Waals surface area contributed by atoms with Crippen molar-refractivity contribution in [1.29, 1.82) is 0 Å². The van der Waals surface area contributed by atoms with Gasteiger partial charge in [-0.3, -0.25) is 4.99 Å². The number of benzene rings is 1. The first-order valence-corrected chi connectivity index (χ1v) is 9.85. The molecule has 0 spiro atoms. The molecule has 27 heavy (non-hydrogen) atoms. The van der Waals surface area contributed by atoms with Crippen LogP contribution in [-0.4, -0.2) is 18.0 Å². The van der Waals surface area contributed by atoms with E-state index < -0.39 is 0 Å². The fraction of sp³-hybridized carbons (Fsp3) is 0.360. The van der Waals surface area contributed by atoms with Gasteiger partial charge in [0.2, 0.25) is 0 Å². The Morgan fingerprint density at radius 2 is 2.00 bits per heavy atom. The van der Waals surface area contributed by atoms with E-state index >= 15 is 0 Å². The Morgan fingerprint density at radius 1 is 1.22 bits per heavy atom. The third-order valence-corrected chi connectivity index (χ3v) is 4.75. The third kappa shape index (κ3) is 5.50. The van der Waals surface area contributed by atoms with Crippen LogP contribution in [-0.2, 0) is 6.42 Å². The topological polar surface area (TPSA) is 24.7 Å². The molecule has 0 radical (unpaired) electrons. The lowest BCUT2D eigenvalue weighted by Crippen LogP contribution is -2.24. The van der Waals surface area contributed by atoms with E-state index in [0.717, 1.165) is 37.2 Å². The number of nitrogens with zero attached hydrogens (tertiary/aromatic N) is 2. The van der Waals surface area contributed by atoms with E-state index in [1.165, 1.54) is 33.6 Å². The summed E-state index contributed by atoms with van der Waals surface area (Å²) in [5.74, 6) is 0. The lowest BCUT2D eigenvalue weighted by Gasteiger charge is -2.25. The van der Waals surface area contributed by atoms with Gasteiger partial charge in [0.15, 0.2) is 0 Å². The van der Waals surface area contributed by atoms with E-state index in [4.69, 9.17) is 9.98 Å². The largest absolute Gasteiger partial charge is 0.289 e. The van der Waals surface area contributed by atoms with Crippen LogP contribution in [0, 0.1) is 6.92 Å². The van der Waals surface area contributed by atoms with Crippen LogP contribution in [0.3, 0.4) is 0 Å². The molecule has 2 nitrogen and oxygen atoms in total. The summed E-state index contributed by atoms with van der Waals surface area (Å²) in [5, 5.41) is 0. The highest BCUT2D eigenvalue weighted by Crippen LogP contribution is 2.29. The molecule has 0 unspecified atom stereocenters. The predicted molar refractivity (Wildman–Crippen MR) is 120 cm³/mol. The molecule has 1 aromatic rings. The minimum atomic E-state index is 0.783. The number of aryl methyl sites for hydroxylation is 1. The number of hydrogen-bond acceptors (Lipinski definition) is 2. The van der Waals surface area contributed by atoms with Gasteiger partial charge >= 0.3 is 0 Å². The Balaban J connectivity index is 2.60. The minimum Gasteiger partial charge on any atom is -0.289 e. The molecule has 0 bridgehead atoms. The van der Waals surface area contributed by atoms with E-state index in [1.807, 2.05) is 19.1 Å². The normalized spacial score (nSPS) is 21.4. The third-order valence-electron chi connectivity index (χ3n) is 4.75. The Morgan fingerprint density at radius 3 is 2.63 bits per heavy atom. The highest BCUT2D eigenvalue weighted by atomic mass is 14.8. The van der Waals surface area contributed by atoms with Crippen LogP contribution in [0.15, 0.2) is 81.5 Å². The molecule has 0 atom stereocenters. The van der Waals surface area contributed by atoms with Gasteiger partial charge in [0, 0.05) is 17.8 Å². The van der Waals surface area contributed by atoms with Gasteiger partial charge in [0.25, 0.3) is 0 Å². The van der Waals surface area contributed by atoms with Gasteiger partial charge in [0.1, 0.15) is 0 Å². The molecule has 1 aromatic carbocycles. The Kier molecular flexibility index (Phi) is 7.72. The molecule has 1 saturated carbocycles. The molecule has 2 heteroatoms. The van der Waals surface area contributed by atoms with Gasteiger partial charge in [-0.1, -0.05) is 54.1 Å². The molecule has 1 aliphatic rings. The first-order chi connectivity index (χ1) is 13.0. The van der Waals surface area contributed by atoms with Gasteiger partial charge < -0.3 is 0 Å². The van der Waals surface area contributed by atoms with Gasteiger partial charge in [-0.25, -0.2) is 4.99 Å². The van der Waals surface area contributed by atoms with Crippen LogP contribution in [0.4, 0.5) is 0 Å². The van der Waals surface area contributed by atoms with Crippen molar-refractivity contribution in [3.8, 4) is 0 Å². The van der Waals surface area contributed by atoms with E-state index in [2.05, 4.69) is 64.6 Å². The maximum atomic E-state index is 4.90. The first-order valence-electron chi connectivity index (χ1n) is 9.85. The Hall–Kier alpha value is -2.48. The van der Waals surface area contributed by atoms with E-state index in [0.29, 0.717) is 0 Å².